The van der Waals surface area contributed by atoms with E-state index < -0.39 is 11.9 Å². The summed E-state index contributed by atoms with van der Waals surface area (Å²) in [6.45, 7) is 0.845. The van der Waals surface area contributed by atoms with Crippen molar-refractivity contribution in [3.05, 3.63) is 88.4 Å². The molecular weight excluding hydrogens is 528 g/mol. The number of carboxylic acids is 1. The summed E-state index contributed by atoms with van der Waals surface area (Å²) in [5.74, 6) is -1.73. The Morgan fingerprint density at radius 2 is 1.75 bits per heavy atom. The summed E-state index contributed by atoms with van der Waals surface area (Å²) in [5, 5.41) is 12.6. The van der Waals surface area contributed by atoms with Crippen LogP contribution in [0.15, 0.2) is 71.7 Å². The second kappa shape index (κ2) is 12.9. The molecule has 208 valence electrons. The normalized spacial score (nSPS) is 14.7. The minimum atomic E-state index is -0.874. The molecule has 1 heterocycles. The molecule has 4 rings (SSSR count). The van der Waals surface area contributed by atoms with Crippen LogP contribution in [0.2, 0.25) is 5.02 Å². The van der Waals surface area contributed by atoms with Gasteiger partial charge in [-0.2, -0.15) is 0 Å². The second-order valence-electron chi connectivity index (χ2n) is 10.1. The van der Waals surface area contributed by atoms with Crippen molar-refractivity contribution in [2.45, 2.75) is 31.6 Å². The molecule has 0 saturated carbocycles. The van der Waals surface area contributed by atoms with E-state index in [1.165, 1.54) is 0 Å². The fourth-order valence-electron chi connectivity index (χ4n) is 4.69. The van der Waals surface area contributed by atoms with Crippen LogP contribution < -0.4 is 10.2 Å². The van der Waals surface area contributed by atoms with E-state index in [1.807, 2.05) is 68.7 Å². The van der Waals surface area contributed by atoms with Gasteiger partial charge in [0.25, 0.3) is 0 Å². The number of carbonyl (C=O) groups is 3. The van der Waals surface area contributed by atoms with E-state index in [0.717, 1.165) is 35.3 Å². The summed E-state index contributed by atoms with van der Waals surface area (Å²) in [7, 11) is 5.73. The molecule has 2 amide bonds. The average molecular weight is 561 g/mol. The van der Waals surface area contributed by atoms with Crippen LogP contribution >= 0.6 is 11.6 Å². The molecule has 3 aromatic carbocycles. The summed E-state index contributed by atoms with van der Waals surface area (Å²) in [6.07, 6.45) is 1.61. The van der Waals surface area contributed by atoms with Crippen molar-refractivity contribution in [3.8, 4) is 0 Å². The molecule has 0 spiro atoms. The number of aliphatic carboxylic acids is 1. The van der Waals surface area contributed by atoms with Crippen LogP contribution in [0.3, 0.4) is 0 Å². The SMILES string of the molecule is CN(C)CCCC(=O)N(C)c1ccc(N=C(c2cccc(CCC(=O)O)c2)C2C(=O)Nc3cc(Cl)ccc32)cc1. The third-order valence-corrected chi connectivity index (χ3v) is 7.06. The largest absolute Gasteiger partial charge is 0.481 e. The van der Waals surface area contributed by atoms with Crippen molar-refractivity contribution in [2.75, 3.05) is 37.9 Å². The molecule has 0 bridgehead atoms. The number of nitrogens with zero attached hydrogens (tertiary/aromatic N) is 3. The maximum atomic E-state index is 13.2. The third kappa shape index (κ3) is 7.14. The first-order valence-electron chi connectivity index (χ1n) is 13.1. The number of carbonyl (C=O) groups excluding carboxylic acids is 2. The lowest BCUT2D eigenvalue weighted by molar-refractivity contribution is -0.137. The van der Waals surface area contributed by atoms with Gasteiger partial charge in [-0.1, -0.05) is 35.9 Å². The molecule has 0 fully saturated rings. The highest BCUT2D eigenvalue weighted by Crippen LogP contribution is 2.38. The van der Waals surface area contributed by atoms with Crippen LogP contribution in [0.5, 0.6) is 0 Å². The lowest BCUT2D eigenvalue weighted by atomic mass is 9.89. The van der Waals surface area contributed by atoms with Gasteiger partial charge in [0.15, 0.2) is 0 Å². The molecule has 1 unspecified atom stereocenters. The maximum absolute atomic E-state index is 13.2. The molecule has 0 saturated heterocycles. The van der Waals surface area contributed by atoms with E-state index in [9.17, 15) is 14.4 Å². The van der Waals surface area contributed by atoms with Crippen molar-refractivity contribution in [2.24, 2.45) is 4.99 Å². The van der Waals surface area contributed by atoms with Crippen LogP contribution in [0.25, 0.3) is 0 Å². The number of benzene rings is 3. The predicted molar refractivity (Wildman–Crippen MR) is 159 cm³/mol. The molecule has 40 heavy (non-hydrogen) atoms. The first-order valence-corrected chi connectivity index (χ1v) is 13.5. The van der Waals surface area contributed by atoms with E-state index in [0.29, 0.717) is 35.0 Å². The van der Waals surface area contributed by atoms with E-state index >= 15 is 0 Å². The van der Waals surface area contributed by atoms with Crippen LogP contribution in [0, 0.1) is 0 Å². The summed E-state index contributed by atoms with van der Waals surface area (Å²) in [4.78, 5) is 45.6. The molecule has 1 aliphatic rings. The standard InChI is InChI=1S/C31H33ClN4O4/c1-35(2)17-5-8-27(37)36(3)24-13-11-23(12-14-24)33-30(21-7-4-6-20(18-21)9-16-28(38)39)29-25-15-10-22(32)19-26(25)34-31(29)40/h4,6-7,10-15,18-19,29H,5,8-9,16-17H2,1-3H3,(H,34,40)(H,38,39). The van der Waals surface area contributed by atoms with Crippen molar-refractivity contribution in [1.29, 1.82) is 0 Å². The minimum absolute atomic E-state index is 0.00399. The Bertz CT molecular complexity index is 1440. The number of halogens is 1. The molecule has 1 aliphatic heterocycles. The number of hydrogen-bond donors (Lipinski definition) is 2. The first kappa shape index (κ1) is 29.0. The number of amides is 2. The Hall–Kier alpha value is -4.01. The quantitative estimate of drug-likeness (QED) is 0.301. The predicted octanol–water partition coefficient (Wildman–Crippen LogP) is 5.52. The van der Waals surface area contributed by atoms with E-state index in [-0.39, 0.29) is 18.2 Å². The van der Waals surface area contributed by atoms with E-state index in [1.54, 1.807) is 24.1 Å². The second-order valence-corrected chi connectivity index (χ2v) is 10.6. The molecule has 8 nitrogen and oxygen atoms in total. The zero-order chi connectivity index (χ0) is 28.8. The van der Waals surface area contributed by atoms with Gasteiger partial charge < -0.3 is 20.2 Å². The van der Waals surface area contributed by atoms with Crippen molar-refractivity contribution in [1.82, 2.24) is 4.90 Å². The number of rotatable bonds is 11. The van der Waals surface area contributed by atoms with Crippen LogP contribution in [0.1, 0.15) is 41.9 Å². The smallest absolute Gasteiger partial charge is 0.303 e. The number of hydrogen-bond acceptors (Lipinski definition) is 5. The van der Waals surface area contributed by atoms with Gasteiger partial charge in [-0.3, -0.25) is 19.4 Å². The van der Waals surface area contributed by atoms with Gasteiger partial charge in [0.1, 0.15) is 5.92 Å². The number of aryl methyl sites for hydroxylation is 1. The van der Waals surface area contributed by atoms with Gasteiger partial charge in [0, 0.05) is 36.3 Å². The number of nitrogens with one attached hydrogen (secondary N) is 1. The fraction of sp³-hybridized carbons (Fsp3) is 0.290. The van der Waals surface area contributed by atoms with Crippen LogP contribution in [-0.4, -0.2) is 61.2 Å². The molecule has 3 aromatic rings. The summed E-state index contributed by atoms with van der Waals surface area (Å²) >= 11 is 6.17. The number of fused-ring (bicyclic) bond motifs is 1. The molecule has 0 radical (unpaired) electrons. The fourth-order valence-corrected chi connectivity index (χ4v) is 4.86. The molecule has 9 heteroatoms. The molecule has 0 aromatic heterocycles. The first-order chi connectivity index (χ1) is 19.1. The lowest BCUT2D eigenvalue weighted by Gasteiger charge is -2.18. The van der Waals surface area contributed by atoms with Gasteiger partial charge >= 0.3 is 5.97 Å². The van der Waals surface area contributed by atoms with Crippen LogP contribution in [0.4, 0.5) is 17.1 Å². The van der Waals surface area contributed by atoms with Gasteiger partial charge in [-0.15, -0.1) is 0 Å². The molecular formula is C31H33ClN4O4. The Balaban J connectivity index is 1.67. The highest BCUT2D eigenvalue weighted by atomic mass is 35.5. The number of anilines is 2. The minimum Gasteiger partial charge on any atom is -0.481 e. The zero-order valence-corrected chi connectivity index (χ0v) is 23.6. The van der Waals surface area contributed by atoms with Gasteiger partial charge in [0.2, 0.25) is 11.8 Å². The Kier molecular flexibility index (Phi) is 9.34. The summed E-state index contributed by atoms with van der Waals surface area (Å²) in [5.41, 5.74) is 4.89. The lowest BCUT2D eigenvalue weighted by Crippen LogP contribution is -2.27. The molecule has 2 N–H and O–H groups in total. The highest BCUT2D eigenvalue weighted by molar-refractivity contribution is 6.31. The Morgan fingerprint density at radius 1 is 1.00 bits per heavy atom. The Labute approximate surface area is 239 Å². The average Bonchev–Trinajstić information content (AvgIpc) is 3.24. The number of aliphatic imine (C=N–C) groups is 1. The summed E-state index contributed by atoms with van der Waals surface area (Å²) < 4.78 is 0. The van der Waals surface area contributed by atoms with Crippen molar-refractivity contribution in [3.63, 3.8) is 0 Å². The van der Waals surface area contributed by atoms with E-state index in [4.69, 9.17) is 21.7 Å². The maximum Gasteiger partial charge on any atom is 0.303 e. The topological polar surface area (TPSA) is 102 Å². The highest BCUT2D eigenvalue weighted by Gasteiger charge is 2.35. The van der Waals surface area contributed by atoms with Gasteiger partial charge in [-0.25, -0.2) is 0 Å². The van der Waals surface area contributed by atoms with Crippen molar-refractivity contribution < 1.29 is 19.5 Å². The van der Waals surface area contributed by atoms with E-state index in [2.05, 4.69) is 10.2 Å². The third-order valence-electron chi connectivity index (χ3n) is 6.83. The van der Waals surface area contributed by atoms with Gasteiger partial charge in [-0.05, 0) is 92.6 Å². The summed E-state index contributed by atoms with van der Waals surface area (Å²) in [6, 6.07) is 20.1. The van der Waals surface area contributed by atoms with Crippen LogP contribution in [-0.2, 0) is 20.8 Å². The molecule has 0 aliphatic carbocycles. The monoisotopic (exact) mass is 560 g/mol. The number of carboxylic acid groups (broad SMARTS) is 1. The molecule has 1 atom stereocenters. The van der Waals surface area contributed by atoms with Crippen molar-refractivity contribution >= 4 is 52.2 Å². The zero-order valence-electron chi connectivity index (χ0n) is 22.9. The Morgan fingerprint density at radius 3 is 2.45 bits per heavy atom. The van der Waals surface area contributed by atoms with Gasteiger partial charge in [0.05, 0.1) is 11.4 Å².